The molecule has 9 heteroatoms. The fourth-order valence-corrected chi connectivity index (χ4v) is 2.44. The summed E-state index contributed by atoms with van der Waals surface area (Å²) in [7, 11) is 0. The Bertz CT molecular complexity index is 651. The molecule has 2 aromatic heterocycles. The predicted molar refractivity (Wildman–Crippen MR) is 73.9 cm³/mol. The van der Waals surface area contributed by atoms with Crippen LogP contribution in [0.4, 0.5) is 13.2 Å². The molecule has 5 nitrogen and oxygen atoms in total. The van der Waals surface area contributed by atoms with Gasteiger partial charge in [0.25, 0.3) is 0 Å². The summed E-state index contributed by atoms with van der Waals surface area (Å²) >= 11 is 1.20. The summed E-state index contributed by atoms with van der Waals surface area (Å²) < 4.78 is 41.4. The van der Waals surface area contributed by atoms with Gasteiger partial charge in [-0.05, 0) is 18.6 Å². The van der Waals surface area contributed by atoms with Crippen molar-refractivity contribution in [3.8, 4) is 10.7 Å². The van der Waals surface area contributed by atoms with E-state index in [2.05, 4.69) is 20.0 Å². The summed E-state index contributed by atoms with van der Waals surface area (Å²) in [6.45, 7) is 4.06. The molecule has 0 saturated heterocycles. The van der Waals surface area contributed by atoms with E-state index in [1.165, 1.54) is 11.3 Å². The normalized spacial score (nSPS) is 13.1. The summed E-state index contributed by atoms with van der Waals surface area (Å²) in [5, 5.41) is 6.09. The summed E-state index contributed by atoms with van der Waals surface area (Å²) in [5.74, 6) is -1.62. The zero-order valence-electron chi connectivity index (χ0n) is 11.9. The monoisotopic (exact) mass is 333 g/mol. The first-order chi connectivity index (χ1) is 10.3. The molecule has 1 amide bonds. The predicted octanol–water partition coefficient (Wildman–Crippen LogP) is 3.48. The minimum absolute atomic E-state index is 0.0589. The lowest BCUT2D eigenvalue weighted by Crippen LogP contribution is -2.27. The second kappa shape index (κ2) is 6.47. The standard InChI is InChI=1S/C13H14F3N3O2S/c1-3-7(2)11(20)17-6-8-4-5-9(22-8)10-18-12(21-19-10)13(14,15)16/h4-5,7H,3,6H2,1-2H3,(H,17,20). The van der Waals surface area contributed by atoms with Crippen molar-refractivity contribution in [2.75, 3.05) is 0 Å². The minimum atomic E-state index is -4.66. The van der Waals surface area contributed by atoms with Crippen LogP contribution in [0.15, 0.2) is 16.7 Å². The van der Waals surface area contributed by atoms with Gasteiger partial charge in [0.15, 0.2) is 0 Å². The van der Waals surface area contributed by atoms with Crippen LogP contribution in [0.1, 0.15) is 31.0 Å². The van der Waals surface area contributed by atoms with Crippen molar-refractivity contribution in [1.82, 2.24) is 15.5 Å². The highest BCUT2D eigenvalue weighted by atomic mass is 32.1. The maximum Gasteiger partial charge on any atom is 0.471 e. The second-order valence-electron chi connectivity index (χ2n) is 4.71. The van der Waals surface area contributed by atoms with E-state index in [0.717, 1.165) is 11.3 Å². The Kier molecular flexibility index (Phi) is 4.84. The summed E-state index contributed by atoms with van der Waals surface area (Å²) in [4.78, 5) is 16.2. The van der Waals surface area contributed by atoms with Gasteiger partial charge >= 0.3 is 12.1 Å². The highest BCUT2D eigenvalue weighted by Gasteiger charge is 2.38. The third-order valence-corrected chi connectivity index (χ3v) is 4.13. The highest BCUT2D eigenvalue weighted by Crippen LogP contribution is 2.31. The van der Waals surface area contributed by atoms with Gasteiger partial charge in [-0.2, -0.15) is 18.2 Å². The zero-order chi connectivity index (χ0) is 16.3. The zero-order valence-corrected chi connectivity index (χ0v) is 12.7. The van der Waals surface area contributed by atoms with Crippen molar-refractivity contribution in [2.24, 2.45) is 5.92 Å². The van der Waals surface area contributed by atoms with Gasteiger partial charge in [0.1, 0.15) is 0 Å². The van der Waals surface area contributed by atoms with Crippen molar-refractivity contribution in [3.63, 3.8) is 0 Å². The highest BCUT2D eigenvalue weighted by molar-refractivity contribution is 7.15. The van der Waals surface area contributed by atoms with Gasteiger partial charge in [0, 0.05) is 10.8 Å². The molecule has 120 valence electrons. The third kappa shape index (κ3) is 3.85. The average Bonchev–Trinajstić information content (AvgIpc) is 3.11. The van der Waals surface area contributed by atoms with Crippen LogP contribution < -0.4 is 5.32 Å². The Balaban J connectivity index is 2.02. The third-order valence-electron chi connectivity index (χ3n) is 3.05. The lowest BCUT2D eigenvalue weighted by atomic mass is 10.1. The van der Waals surface area contributed by atoms with E-state index in [1.807, 2.05) is 13.8 Å². The molecule has 0 fully saturated rings. The van der Waals surface area contributed by atoms with Gasteiger partial charge in [-0.15, -0.1) is 11.3 Å². The van der Waals surface area contributed by atoms with Crippen molar-refractivity contribution >= 4 is 17.2 Å². The van der Waals surface area contributed by atoms with Gasteiger partial charge in [-0.3, -0.25) is 4.79 Å². The fourth-order valence-electron chi connectivity index (χ4n) is 1.57. The quantitative estimate of drug-likeness (QED) is 0.909. The van der Waals surface area contributed by atoms with E-state index >= 15 is 0 Å². The van der Waals surface area contributed by atoms with Crippen LogP contribution in [0, 0.1) is 5.92 Å². The number of rotatable bonds is 5. The van der Waals surface area contributed by atoms with E-state index < -0.39 is 12.1 Å². The average molecular weight is 333 g/mol. The number of nitrogens with one attached hydrogen (secondary N) is 1. The molecule has 0 spiro atoms. The topological polar surface area (TPSA) is 68.0 Å². The van der Waals surface area contributed by atoms with Gasteiger partial charge < -0.3 is 9.84 Å². The summed E-state index contributed by atoms with van der Waals surface area (Å²) in [6.07, 6.45) is -3.92. The Morgan fingerprint density at radius 2 is 2.18 bits per heavy atom. The molecule has 2 rings (SSSR count). The van der Waals surface area contributed by atoms with Crippen LogP contribution in [0.25, 0.3) is 10.7 Å². The van der Waals surface area contributed by atoms with Crippen molar-refractivity contribution < 1.29 is 22.5 Å². The molecular formula is C13H14F3N3O2S. The smallest absolute Gasteiger partial charge is 0.351 e. The van der Waals surface area contributed by atoms with Crippen LogP contribution in [0.2, 0.25) is 0 Å². The molecule has 0 aliphatic carbocycles. The fraction of sp³-hybridized carbons (Fsp3) is 0.462. The van der Waals surface area contributed by atoms with E-state index in [-0.39, 0.29) is 17.6 Å². The van der Waals surface area contributed by atoms with Gasteiger partial charge in [-0.1, -0.05) is 19.0 Å². The maximum absolute atomic E-state index is 12.4. The number of halogens is 3. The number of carbonyl (C=O) groups is 1. The molecule has 0 saturated carbocycles. The molecular weight excluding hydrogens is 319 g/mol. The van der Waals surface area contributed by atoms with Crippen molar-refractivity contribution in [2.45, 2.75) is 33.0 Å². The van der Waals surface area contributed by atoms with Crippen LogP contribution in [-0.2, 0) is 17.5 Å². The first kappa shape index (κ1) is 16.5. The molecule has 0 aromatic carbocycles. The number of nitrogens with zero attached hydrogens (tertiary/aromatic N) is 2. The molecule has 1 unspecified atom stereocenters. The second-order valence-corrected chi connectivity index (χ2v) is 5.88. The largest absolute Gasteiger partial charge is 0.471 e. The molecule has 0 aliphatic rings. The number of hydrogen-bond donors (Lipinski definition) is 1. The maximum atomic E-state index is 12.4. The van der Waals surface area contributed by atoms with Crippen LogP contribution in [-0.4, -0.2) is 16.0 Å². The molecule has 0 bridgehead atoms. The lowest BCUT2D eigenvalue weighted by Gasteiger charge is -2.08. The van der Waals surface area contributed by atoms with E-state index in [1.54, 1.807) is 12.1 Å². The molecule has 0 aliphatic heterocycles. The number of thiophene rings is 1. The first-order valence-electron chi connectivity index (χ1n) is 6.59. The van der Waals surface area contributed by atoms with Gasteiger partial charge in [-0.25, -0.2) is 0 Å². The number of amides is 1. The Morgan fingerprint density at radius 1 is 1.45 bits per heavy atom. The molecule has 2 aromatic rings. The van der Waals surface area contributed by atoms with Crippen molar-refractivity contribution in [1.29, 1.82) is 0 Å². The Labute approximate surface area is 128 Å². The van der Waals surface area contributed by atoms with Crippen LogP contribution in [0.3, 0.4) is 0 Å². The molecule has 0 radical (unpaired) electrons. The first-order valence-corrected chi connectivity index (χ1v) is 7.40. The van der Waals surface area contributed by atoms with Crippen LogP contribution >= 0.6 is 11.3 Å². The van der Waals surface area contributed by atoms with Crippen molar-refractivity contribution in [3.05, 3.63) is 22.9 Å². The minimum Gasteiger partial charge on any atom is -0.351 e. The molecule has 22 heavy (non-hydrogen) atoms. The number of alkyl halides is 3. The van der Waals surface area contributed by atoms with Gasteiger partial charge in [0.05, 0.1) is 11.4 Å². The number of aromatic nitrogens is 2. The summed E-state index contributed by atoms with van der Waals surface area (Å²) in [6, 6.07) is 3.31. The Hall–Kier alpha value is -1.90. The molecule has 1 N–H and O–H groups in total. The summed E-state index contributed by atoms with van der Waals surface area (Å²) in [5.41, 5.74) is 0. The van der Waals surface area contributed by atoms with Gasteiger partial charge in [0.2, 0.25) is 11.7 Å². The SMILES string of the molecule is CCC(C)C(=O)NCc1ccc(-c2noc(C(F)(F)F)n2)s1. The van der Waals surface area contributed by atoms with E-state index in [4.69, 9.17) is 0 Å². The van der Waals surface area contributed by atoms with E-state index in [9.17, 15) is 18.0 Å². The number of carbonyl (C=O) groups excluding carboxylic acids is 1. The molecule has 2 heterocycles. The lowest BCUT2D eigenvalue weighted by molar-refractivity contribution is -0.159. The van der Waals surface area contributed by atoms with E-state index in [0.29, 0.717) is 11.4 Å². The molecule has 1 atom stereocenters. The number of hydrogen-bond acceptors (Lipinski definition) is 5. The Morgan fingerprint density at radius 3 is 2.77 bits per heavy atom. The van der Waals surface area contributed by atoms with Crippen LogP contribution in [0.5, 0.6) is 0 Å².